The maximum absolute atomic E-state index is 13.4. The molecule has 0 unspecified atom stereocenters. The molecule has 1 aromatic heterocycles. The highest BCUT2D eigenvalue weighted by Crippen LogP contribution is 2.34. The van der Waals surface area contributed by atoms with E-state index in [2.05, 4.69) is 18.4 Å². The standard InChI is InChI=1S/C24H34N2O5S/c1-4-10-25(14-18(27)16-29-2)15-24(28)26-11-8-23-21(9-12-32-23)22(26)17-31-20-7-5-6-19(13-20)30-3/h5-7,9,12-13,18,22,27H,4,8,10-11,14-17H2,1-3H3/t18-,22-/m0/s1. The molecule has 0 radical (unpaired) electrons. The van der Waals surface area contributed by atoms with E-state index < -0.39 is 6.10 Å². The summed E-state index contributed by atoms with van der Waals surface area (Å²) in [4.78, 5) is 18.6. The number of fused-ring (bicyclic) bond motifs is 1. The van der Waals surface area contributed by atoms with Crippen LogP contribution in [0.15, 0.2) is 35.7 Å². The Kier molecular flexibility index (Phi) is 9.35. The van der Waals surface area contributed by atoms with Crippen molar-refractivity contribution >= 4 is 17.2 Å². The molecule has 2 heterocycles. The quantitative estimate of drug-likeness (QED) is 0.523. The van der Waals surface area contributed by atoms with E-state index in [1.165, 1.54) is 10.4 Å². The van der Waals surface area contributed by atoms with E-state index in [1.807, 2.05) is 34.1 Å². The lowest BCUT2D eigenvalue weighted by Crippen LogP contribution is -2.48. The van der Waals surface area contributed by atoms with Crippen LogP contribution < -0.4 is 9.47 Å². The average Bonchev–Trinajstić information content (AvgIpc) is 3.27. The zero-order chi connectivity index (χ0) is 22.9. The van der Waals surface area contributed by atoms with Gasteiger partial charge in [-0.2, -0.15) is 0 Å². The monoisotopic (exact) mass is 462 g/mol. The topological polar surface area (TPSA) is 71.5 Å². The minimum absolute atomic E-state index is 0.0548. The second-order valence-electron chi connectivity index (χ2n) is 7.99. The molecule has 32 heavy (non-hydrogen) atoms. The number of ether oxygens (including phenoxy) is 3. The molecule has 1 N–H and O–H groups in total. The van der Waals surface area contributed by atoms with E-state index >= 15 is 0 Å². The number of amides is 1. The first kappa shape index (κ1) is 24.5. The van der Waals surface area contributed by atoms with Gasteiger partial charge in [-0.25, -0.2) is 0 Å². The summed E-state index contributed by atoms with van der Waals surface area (Å²) in [5.41, 5.74) is 1.17. The average molecular weight is 463 g/mol. The minimum atomic E-state index is -0.614. The van der Waals surface area contributed by atoms with Crippen molar-refractivity contribution in [3.63, 3.8) is 0 Å². The zero-order valence-corrected chi connectivity index (χ0v) is 20.0. The number of hydrogen-bond donors (Lipinski definition) is 1. The maximum Gasteiger partial charge on any atom is 0.237 e. The normalized spacial score (nSPS) is 16.7. The predicted molar refractivity (Wildman–Crippen MR) is 126 cm³/mol. The third-order valence-electron chi connectivity index (χ3n) is 5.59. The molecule has 2 atom stereocenters. The number of carbonyl (C=O) groups is 1. The highest BCUT2D eigenvalue weighted by molar-refractivity contribution is 7.10. The van der Waals surface area contributed by atoms with Gasteiger partial charge in [0.15, 0.2) is 0 Å². The van der Waals surface area contributed by atoms with E-state index in [4.69, 9.17) is 14.2 Å². The van der Waals surface area contributed by atoms with Gasteiger partial charge in [0.2, 0.25) is 5.91 Å². The fourth-order valence-corrected chi connectivity index (χ4v) is 5.05. The Morgan fingerprint density at radius 2 is 2.12 bits per heavy atom. The number of aliphatic hydroxyl groups excluding tert-OH is 1. The summed E-state index contributed by atoms with van der Waals surface area (Å²) in [5.74, 6) is 1.51. The van der Waals surface area contributed by atoms with Gasteiger partial charge in [0, 0.05) is 31.1 Å². The first-order valence-electron chi connectivity index (χ1n) is 11.1. The Morgan fingerprint density at radius 1 is 1.31 bits per heavy atom. The molecular formula is C24H34N2O5S. The molecule has 1 aliphatic heterocycles. The summed E-state index contributed by atoms with van der Waals surface area (Å²) in [5, 5.41) is 12.2. The number of methoxy groups -OCH3 is 2. The number of thiophene rings is 1. The zero-order valence-electron chi connectivity index (χ0n) is 19.2. The fourth-order valence-electron chi connectivity index (χ4n) is 4.12. The Hall–Kier alpha value is -2.13. The van der Waals surface area contributed by atoms with Crippen molar-refractivity contribution < 1.29 is 24.1 Å². The van der Waals surface area contributed by atoms with Crippen LogP contribution in [0.2, 0.25) is 0 Å². The molecule has 0 spiro atoms. The third kappa shape index (κ3) is 6.45. The molecular weight excluding hydrogens is 428 g/mol. The van der Waals surface area contributed by atoms with Crippen LogP contribution in [-0.2, 0) is 16.0 Å². The number of benzene rings is 1. The second kappa shape index (κ2) is 12.2. The summed E-state index contributed by atoms with van der Waals surface area (Å²) >= 11 is 1.74. The Bertz CT molecular complexity index is 858. The number of carbonyl (C=O) groups excluding carboxylic acids is 1. The van der Waals surface area contributed by atoms with Gasteiger partial charge in [-0.1, -0.05) is 13.0 Å². The maximum atomic E-state index is 13.4. The first-order chi connectivity index (χ1) is 15.5. The smallest absolute Gasteiger partial charge is 0.237 e. The molecule has 2 aromatic rings. The van der Waals surface area contributed by atoms with Gasteiger partial charge < -0.3 is 24.2 Å². The predicted octanol–water partition coefficient (Wildman–Crippen LogP) is 2.98. The van der Waals surface area contributed by atoms with Crippen LogP contribution in [0.25, 0.3) is 0 Å². The molecule has 0 saturated heterocycles. The summed E-state index contributed by atoms with van der Waals surface area (Å²) in [6.45, 7) is 4.80. The number of rotatable bonds is 12. The molecule has 176 valence electrons. The molecule has 1 aliphatic rings. The molecule has 0 fully saturated rings. The van der Waals surface area contributed by atoms with Gasteiger partial charge in [-0.15, -0.1) is 11.3 Å². The van der Waals surface area contributed by atoms with Crippen molar-refractivity contribution in [2.45, 2.75) is 31.9 Å². The van der Waals surface area contributed by atoms with Crippen molar-refractivity contribution in [3.8, 4) is 11.5 Å². The summed E-state index contributed by atoms with van der Waals surface area (Å²) in [6, 6.07) is 9.47. The van der Waals surface area contributed by atoms with E-state index in [0.29, 0.717) is 19.7 Å². The van der Waals surface area contributed by atoms with Crippen molar-refractivity contribution in [1.29, 1.82) is 0 Å². The highest BCUT2D eigenvalue weighted by atomic mass is 32.1. The molecule has 1 aromatic carbocycles. The largest absolute Gasteiger partial charge is 0.497 e. The van der Waals surface area contributed by atoms with E-state index in [-0.39, 0.29) is 25.1 Å². The Labute approximate surface area is 194 Å². The molecule has 0 aliphatic carbocycles. The van der Waals surface area contributed by atoms with Crippen LogP contribution >= 0.6 is 11.3 Å². The van der Waals surface area contributed by atoms with Crippen LogP contribution in [0.3, 0.4) is 0 Å². The molecule has 3 rings (SSSR count). The van der Waals surface area contributed by atoms with Crippen LogP contribution in [0.5, 0.6) is 11.5 Å². The summed E-state index contributed by atoms with van der Waals surface area (Å²) in [7, 11) is 3.20. The molecule has 7 nitrogen and oxygen atoms in total. The van der Waals surface area contributed by atoms with Crippen LogP contribution in [0, 0.1) is 0 Å². The van der Waals surface area contributed by atoms with Gasteiger partial charge in [0.25, 0.3) is 0 Å². The van der Waals surface area contributed by atoms with Crippen LogP contribution in [0.1, 0.15) is 29.8 Å². The summed E-state index contributed by atoms with van der Waals surface area (Å²) in [6.07, 6.45) is 1.15. The van der Waals surface area contributed by atoms with Gasteiger partial charge >= 0.3 is 0 Å². The summed E-state index contributed by atoms with van der Waals surface area (Å²) < 4.78 is 16.4. The van der Waals surface area contributed by atoms with E-state index in [9.17, 15) is 9.90 Å². The van der Waals surface area contributed by atoms with Crippen molar-refractivity contribution in [3.05, 3.63) is 46.2 Å². The SMILES string of the molecule is CCCN(CC(=O)N1CCc2sccc2[C@@H]1COc1cccc(OC)c1)C[C@H](O)COC. The highest BCUT2D eigenvalue weighted by Gasteiger charge is 2.33. The van der Waals surface area contributed by atoms with Gasteiger partial charge in [0.1, 0.15) is 18.1 Å². The first-order valence-corrected chi connectivity index (χ1v) is 12.0. The second-order valence-corrected chi connectivity index (χ2v) is 8.99. The van der Waals surface area contributed by atoms with Gasteiger partial charge in [-0.3, -0.25) is 9.69 Å². The van der Waals surface area contributed by atoms with Crippen molar-refractivity contribution in [1.82, 2.24) is 9.80 Å². The van der Waals surface area contributed by atoms with Crippen molar-refractivity contribution in [2.24, 2.45) is 0 Å². The number of hydrogen-bond acceptors (Lipinski definition) is 7. The fraction of sp³-hybridized carbons (Fsp3) is 0.542. The van der Waals surface area contributed by atoms with Gasteiger partial charge in [-0.05, 0) is 48.5 Å². The number of aliphatic hydroxyl groups is 1. The van der Waals surface area contributed by atoms with Crippen LogP contribution in [0.4, 0.5) is 0 Å². The van der Waals surface area contributed by atoms with E-state index in [1.54, 1.807) is 25.6 Å². The lowest BCUT2D eigenvalue weighted by molar-refractivity contribution is -0.136. The van der Waals surface area contributed by atoms with Gasteiger partial charge in [0.05, 0.1) is 32.4 Å². The van der Waals surface area contributed by atoms with Crippen molar-refractivity contribution in [2.75, 3.05) is 53.6 Å². The lowest BCUT2D eigenvalue weighted by atomic mass is 10.0. The molecule has 0 bridgehead atoms. The van der Waals surface area contributed by atoms with E-state index in [0.717, 1.165) is 30.9 Å². The molecule has 0 saturated carbocycles. The lowest BCUT2D eigenvalue weighted by Gasteiger charge is -2.37. The number of nitrogens with zero attached hydrogens (tertiary/aromatic N) is 2. The Balaban J connectivity index is 1.71. The van der Waals surface area contributed by atoms with Crippen LogP contribution in [-0.4, -0.2) is 80.5 Å². The minimum Gasteiger partial charge on any atom is -0.497 e. The third-order valence-corrected chi connectivity index (χ3v) is 6.59. The molecule has 8 heteroatoms. The molecule has 1 amide bonds. The Morgan fingerprint density at radius 3 is 2.88 bits per heavy atom.